The van der Waals surface area contributed by atoms with Crippen LogP contribution in [-0.2, 0) is 4.79 Å². The zero-order valence-corrected chi connectivity index (χ0v) is 7.17. The van der Waals surface area contributed by atoms with Crippen LogP contribution in [0.4, 0.5) is 0 Å². The summed E-state index contributed by atoms with van der Waals surface area (Å²) in [4.78, 5) is 10.0. The van der Waals surface area contributed by atoms with Gasteiger partial charge in [0.05, 0.1) is 0 Å². The van der Waals surface area contributed by atoms with Gasteiger partial charge in [0.1, 0.15) is 6.04 Å². The molecule has 0 bridgehead atoms. The van der Waals surface area contributed by atoms with Gasteiger partial charge in [0.25, 0.3) is 0 Å². The van der Waals surface area contributed by atoms with Gasteiger partial charge in [0, 0.05) is 6.54 Å². The van der Waals surface area contributed by atoms with Crippen LogP contribution in [0, 0.1) is 0 Å². The molecule has 0 aliphatic heterocycles. The highest BCUT2D eigenvalue weighted by Gasteiger charge is 2.10. The van der Waals surface area contributed by atoms with E-state index in [9.17, 15) is 4.79 Å². The molecule has 0 amide bonds. The molecule has 0 aromatic carbocycles. The Morgan fingerprint density at radius 3 is 2.10 bits per heavy atom. The van der Waals surface area contributed by atoms with Crippen LogP contribution in [0.1, 0.15) is 0 Å². The highest BCUT2D eigenvalue weighted by molar-refractivity contribution is 5.85. The molecule has 0 fully saturated rings. The summed E-state index contributed by atoms with van der Waals surface area (Å²) in [7, 11) is 1.56. The van der Waals surface area contributed by atoms with E-state index >= 15 is 0 Å². The average Bonchev–Trinajstić information content (AvgIpc) is 1.69. The van der Waals surface area contributed by atoms with Crippen molar-refractivity contribution < 1.29 is 9.90 Å². The summed E-state index contributed by atoms with van der Waals surface area (Å²) in [5, 5.41) is 10.8. The maximum absolute atomic E-state index is 10.0. The van der Waals surface area contributed by atoms with Gasteiger partial charge in [-0.2, -0.15) is 0 Å². The van der Waals surface area contributed by atoms with Crippen LogP contribution in [0.5, 0.6) is 0 Å². The lowest BCUT2D eigenvalue weighted by Gasteiger charge is -2.05. The van der Waals surface area contributed by atoms with Crippen LogP contribution < -0.4 is 11.1 Å². The van der Waals surface area contributed by atoms with E-state index in [0.717, 1.165) is 0 Å². The van der Waals surface area contributed by atoms with E-state index in [4.69, 9.17) is 10.8 Å². The third-order valence-corrected chi connectivity index (χ3v) is 0.882. The predicted molar refractivity (Wildman–Crippen MR) is 44.0 cm³/mol. The first-order chi connectivity index (χ1) is 3.72. The molecule has 0 aromatic heterocycles. The molecular weight excluding hydrogens is 179 g/mol. The largest absolute Gasteiger partial charge is 0.480 e. The number of rotatable bonds is 3. The van der Waals surface area contributed by atoms with Crippen molar-refractivity contribution in [1.29, 1.82) is 0 Å². The van der Waals surface area contributed by atoms with Crippen molar-refractivity contribution in [2.75, 3.05) is 13.6 Å². The number of halogens is 2. The van der Waals surface area contributed by atoms with Crippen LogP contribution in [0.25, 0.3) is 0 Å². The molecule has 0 rings (SSSR count). The maximum Gasteiger partial charge on any atom is 0.322 e. The topological polar surface area (TPSA) is 75.3 Å². The van der Waals surface area contributed by atoms with Crippen molar-refractivity contribution >= 4 is 30.8 Å². The van der Waals surface area contributed by atoms with Gasteiger partial charge in [0.15, 0.2) is 0 Å². The minimum absolute atomic E-state index is 0. The summed E-state index contributed by atoms with van der Waals surface area (Å²) in [5.41, 5.74) is 5.04. The molecule has 0 spiro atoms. The summed E-state index contributed by atoms with van der Waals surface area (Å²) in [6.45, 7) is 0.131. The van der Waals surface area contributed by atoms with Gasteiger partial charge in [-0.25, -0.2) is 0 Å². The highest BCUT2D eigenvalue weighted by Crippen LogP contribution is 1.74. The van der Waals surface area contributed by atoms with Crippen molar-refractivity contribution in [1.82, 2.24) is 5.32 Å². The second-order valence-electron chi connectivity index (χ2n) is 1.42. The minimum atomic E-state index is -0.907. The molecule has 0 aliphatic rings. The van der Waals surface area contributed by atoms with E-state index in [-0.39, 0.29) is 31.4 Å². The van der Waals surface area contributed by atoms with Crippen LogP contribution in [0.3, 0.4) is 0 Å². The number of hydrogen-bond donors (Lipinski definition) is 3. The Balaban J connectivity index is -0.000000245. The number of carboxylic acid groups (broad SMARTS) is 1. The first kappa shape index (κ1) is 16.5. The number of carboxylic acids is 1. The van der Waals surface area contributed by atoms with E-state index in [2.05, 4.69) is 5.32 Å². The number of carbonyl (C=O) groups is 1. The molecule has 0 radical (unpaired) electrons. The second kappa shape index (κ2) is 8.97. The third-order valence-electron chi connectivity index (χ3n) is 0.882. The zero-order valence-electron chi connectivity index (χ0n) is 5.53. The summed E-state index contributed by atoms with van der Waals surface area (Å²) in [6.07, 6.45) is 0. The summed E-state index contributed by atoms with van der Waals surface area (Å²) >= 11 is 0. The fourth-order valence-electron chi connectivity index (χ4n) is 0.342. The average molecular weight is 191 g/mol. The Morgan fingerprint density at radius 1 is 1.70 bits per heavy atom. The van der Waals surface area contributed by atoms with Crippen molar-refractivity contribution in [2.24, 2.45) is 5.73 Å². The Kier molecular flexibility index (Phi) is 14.8. The molecule has 4 N–H and O–H groups in total. The fourth-order valence-corrected chi connectivity index (χ4v) is 0.342. The molecule has 64 valence electrons. The first-order valence-electron chi connectivity index (χ1n) is 2.32. The van der Waals surface area contributed by atoms with Crippen molar-refractivity contribution in [2.45, 2.75) is 6.04 Å². The minimum Gasteiger partial charge on any atom is -0.480 e. The van der Waals surface area contributed by atoms with Gasteiger partial charge in [-0.3, -0.25) is 4.79 Å². The smallest absolute Gasteiger partial charge is 0.322 e. The van der Waals surface area contributed by atoms with Gasteiger partial charge in [-0.1, -0.05) is 0 Å². The maximum atomic E-state index is 10.0. The first-order valence-corrected chi connectivity index (χ1v) is 2.32. The van der Waals surface area contributed by atoms with E-state index in [1.807, 2.05) is 0 Å². The van der Waals surface area contributed by atoms with Crippen molar-refractivity contribution in [3.8, 4) is 0 Å². The SMILES string of the molecule is CN[C@@H](CN)C(=O)O.Cl.Cl. The second-order valence-corrected chi connectivity index (χ2v) is 1.42. The van der Waals surface area contributed by atoms with Gasteiger partial charge in [-0.15, -0.1) is 24.8 Å². The van der Waals surface area contributed by atoms with Crippen LogP contribution in [-0.4, -0.2) is 30.7 Å². The predicted octanol–water partition coefficient (Wildman–Crippen LogP) is -0.539. The monoisotopic (exact) mass is 190 g/mol. The van der Waals surface area contributed by atoms with Crippen LogP contribution in [0.2, 0.25) is 0 Å². The Morgan fingerprint density at radius 2 is 2.10 bits per heavy atom. The third kappa shape index (κ3) is 6.10. The molecule has 0 aromatic rings. The Labute approximate surface area is 72.0 Å². The number of aliphatic carboxylic acids is 1. The number of hydrogen-bond acceptors (Lipinski definition) is 3. The number of nitrogens with one attached hydrogen (secondary N) is 1. The van der Waals surface area contributed by atoms with Gasteiger partial charge in [0.2, 0.25) is 0 Å². The van der Waals surface area contributed by atoms with E-state index in [1.54, 1.807) is 7.05 Å². The zero-order chi connectivity index (χ0) is 6.57. The summed E-state index contributed by atoms with van der Waals surface area (Å²) < 4.78 is 0. The molecule has 0 saturated heterocycles. The molecule has 0 heterocycles. The van der Waals surface area contributed by atoms with Crippen molar-refractivity contribution in [3.05, 3.63) is 0 Å². The summed E-state index contributed by atoms with van der Waals surface area (Å²) in [5.74, 6) is -0.907. The van der Waals surface area contributed by atoms with Crippen LogP contribution >= 0.6 is 24.8 Å². The van der Waals surface area contributed by atoms with Gasteiger partial charge in [-0.05, 0) is 7.05 Å². The Hall–Kier alpha value is -0.0300. The normalized spacial score (nSPS) is 10.6. The van der Waals surface area contributed by atoms with Crippen LogP contribution in [0.15, 0.2) is 0 Å². The molecule has 4 nitrogen and oxygen atoms in total. The lowest BCUT2D eigenvalue weighted by molar-refractivity contribution is -0.139. The van der Waals surface area contributed by atoms with Crippen molar-refractivity contribution in [3.63, 3.8) is 0 Å². The lowest BCUT2D eigenvalue weighted by Crippen LogP contribution is -2.40. The summed E-state index contributed by atoms with van der Waals surface area (Å²) in [6, 6.07) is -0.602. The molecular formula is C4H12Cl2N2O2. The van der Waals surface area contributed by atoms with Gasteiger partial charge < -0.3 is 16.2 Å². The standard InChI is InChI=1S/C4H10N2O2.2ClH/c1-6-3(2-5)4(7)8;;/h3,6H,2,5H2,1H3,(H,7,8);2*1H/t3-;;/m0../s1. The van der Waals surface area contributed by atoms with E-state index in [1.165, 1.54) is 0 Å². The van der Waals surface area contributed by atoms with E-state index < -0.39 is 12.0 Å². The molecule has 0 unspecified atom stereocenters. The Bertz CT molecular complexity index is 87.3. The number of likely N-dealkylation sites (N-methyl/N-ethyl adjacent to an activating group) is 1. The molecule has 6 heteroatoms. The quantitative estimate of drug-likeness (QED) is 0.560. The fraction of sp³-hybridized carbons (Fsp3) is 0.750. The molecule has 10 heavy (non-hydrogen) atoms. The number of nitrogens with two attached hydrogens (primary N) is 1. The van der Waals surface area contributed by atoms with E-state index in [0.29, 0.717) is 0 Å². The molecule has 0 aliphatic carbocycles. The van der Waals surface area contributed by atoms with Gasteiger partial charge >= 0.3 is 5.97 Å². The molecule has 0 saturated carbocycles. The highest BCUT2D eigenvalue weighted by atomic mass is 35.5. The lowest BCUT2D eigenvalue weighted by atomic mass is 10.3. The molecule has 1 atom stereocenters.